The van der Waals surface area contributed by atoms with Gasteiger partial charge in [0.25, 0.3) is 0 Å². The molecule has 2 rings (SSSR count). The Hall–Kier alpha value is -1.75. The number of nitrogens with one attached hydrogen (secondary N) is 1. The third kappa shape index (κ3) is 3.10. The zero-order valence-corrected chi connectivity index (χ0v) is 10.6. The van der Waals surface area contributed by atoms with Gasteiger partial charge in [-0.2, -0.15) is 0 Å². The summed E-state index contributed by atoms with van der Waals surface area (Å²) in [5.74, 6) is 0.887. The number of rotatable bonds is 3. The average molecular weight is 294 g/mol. The van der Waals surface area contributed by atoms with E-state index in [0.717, 1.165) is 15.9 Å². The van der Waals surface area contributed by atoms with E-state index in [1.54, 1.807) is 18.3 Å². The number of phenolic OH excluding ortho intramolecular Hbond substituents is 1. The SMILES string of the molecule is Nc1ccc(CNc2ccc(Br)cn2)cc1O. The molecule has 0 spiro atoms. The van der Waals surface area contributed by atoms with Crippen molar-refractivity contribution < 1.29 is 5.11 Å². The van der Waals surface area contributed by atoms with Gasteiger partial charge in [0.05, 0.1) is 5.69 Å². The fourth-order valence-electron chi connectivity index (χ4n) is 1.37. The van der Waals surface area contributed by atoms with Gasteiger partial charge in [-0.25, -0.2) is 4.98 Å². The molecule has 0 bridgehead atoms. The summed E-state index contributed by atoms with van der Waals surface area (Å²) in [7, 11) is 0. The first-order valence-corrected chi connectivity index (χ1v) is 5.87. The summed E-state index contributed by atoms with van der Waals surface area (Å²) < 4.78 is 0.938. The number of aromatic hydroxyl groups is 1. The van der Waals surface area contributed by atoms with Crippen molar-refractivity contribution in [3.05, 3.63) is 46.6 Å². The fourth-order valence-corrected chi connectivity index (χ4v) is 1.61. The molecular weight excluding hydrogens is 282 g/mol. The molecule has 0 amide bonds. The molecule has 4 nitrogen and oxygen atoms in total. The van der Waals surface area contributed by atoms with Gasteiger partial charge >= 0.3 is 0 Å². The first kappa shape index (κ1) is 11.7. The van der Waals surface area contributed by atoms with Crippen LogP contribution >= 0.6 is 15.9 Å². The Morgan fingerprint density at radius 3 is 2.76 bits per heavy atom. The minimum absolute atomic E-state index is 0.105. The standard InChI is InChI=1S/C12H12BrN3O/c13-9-2-4-12(16-7-9)15-6-8-1-3-10(14)11(17)5-8/h1-5,7,17H,6,14H2,(H,15,16). The molecule has 0 aliphatic carbocycles. The average Bonchev–Trinajstić information content (AvgIpc) is 2.33. The Kier molecular flexibility index (Phi) is 3.49. The van der Waals surface area contributed by atoms with Crippen LogP contribution in [0.3, 0.4) is 0 Å². The van der Waals surface area contributed by atoms with Gasteiger partial charge in [0.2, 0.25) is 0 Å². The number of hydrogen-bond acceptors (Lipinski definition) is 4. The second-order valence-corrected chi connectivity index (χ2v) is 4.52. The van der Waals surface area contributed by atoms with Crippen LogP contribution in [-0.4, -0.2) is 10.1 Å². The van der Waals surface area contributed by atoms with Crippen molar-refractivity contribution in [2.45, 2.75) is 6.54 Å². The van der Waals surface area contributed by atoms with Crippen LogP contribution in [0, 0.1) is 0 Å². The summed E-state index contributed by atoms with van der Waals surface area (Å²) in [6.45, 7) is 0.586. The zero-order valence-electron chi connectivity index (χ0n) is 9.02. The van der Waals surface area contributed by atoms with Crippen molar-refractivity contribution >= 4 is 27.4 Å². The van der Waals surface area contributed by atoms with E-state index in [9.17, 15) is 5.11 Å². The third-order valence-corrected chi connectivity index (χ3v) is 2.76. The minimum atomic E-state index is 0.105. The number of hydrogen-bond donors (Lipinski definition) is 3. The van der Waals surface area contributed by atoms with Gasteiger partial charge in [0.15, 0.2) is 0 Å². The van der Waals surface area contributed by atoms with Gasteiger partial charge in [-0.3, -0.25) is 0 Å². The molecule has 0 atom stereocenters. The third-order valence-electron chi connectivity index (χ3n) is 2.30. The lowest BCUT2D eigenvalue weighted by Gasteiger charge is -2.07. The number of anilines is 2. The van der Waals surface area contributed by atoms with Crippen molar-refractivity contribution in [1.29, 1.82) is 0 Å². The number of pyridine rings is 1. The molecule has 2 aromatic rings. The highest BCUT2D eigenvalue weighted by molar-refractivity contribution is 9.10. The molecule has 88 valence electrons. The van der Waals surface area contributed by atoms with Crippen molar-refractivity contribution in [3.8, 4) is 5.75 Å². The molecule has 1 aromatic carbocycles. The predicted octanol–water partition coefficient (Wildman–Crippen LogP) is 2.74. The summed E-state index contributed by atoms with van der Waals surface area (Å²) in [4.78, 5) is 4.19. The summed E-state index contributed by atoms with van der Waals surface area (Å²) in [5.41, 5.74) is 6.86. The highest BCUT2D eigenvalue weighted by Crippen LogP contribution is 2.21. The Morgan fingerprint density at radius 1 is 1.29 bits per heavy atom. The van der Waals surface area contributed by atoms with Crippen LogP contribution in [-0.2, 0) is 6.54 Å². The molecule has 1 heterocycles. The normalized spacial score (nSPS) is 10.2. The zero-order chi connectivity index (χ0) is 12.3. The predicted molar refractivity (Wildman–Crippen MR) is 71.8 cm³/mol. The maximum absolute atomic E-state index is 9.46. The molecule has 4 N–H and O–H groups in total. The molecule has 0 saturated carbocycles. The van der Waals surface area contributed by atoms with Crippen LogP contribution in [0.2, 0.25) is 0 Å². The number of halogens is 1. The van der Waals surface area contributed by atoms with Crippen LogP contribution in [0.4, 0.5) is 11.5 Å². The fraction of sp³-hybridized carbons (Fsp3) is 0.0833. The monoisotopic (exact) mass is 293 g/mol. The van der Waals surface area contributed by atoms with Gasteiger partial charge < -0.3 is 16.2 Å². The Labute approximate surface area is 108 Å². The molecule has 0 radical (unpaired) electrons. The van der Waals surface area contributed by atoms with Gasteiger partial charge in [-0.05, 0) is 45.8 Å². The molecule has 1 aromatic heterocycles. The molecule has 5 heteroatoms. The molecule has 0 aliphatic heterocycles. The molecule has 0 fully saturated rings. The maximum atomic E-state index is 9.46. The largest absolute Gasteiger partial charge is 0.506 e. The van der Waals surface area contributed by atoms with Gasteiger partial charge in [0, 0.05) is 17.2 Å². The Morgan fingerprint density at radius 2 is 2.12 bits per heavy atom. The highest BCUT2D eigenvalue weighted by Gasteiger charge is 1.99. The van der Waals surface area contributed by atoms with Gasteiger partial charge in [0.1, 0.15) is 11.6 Å². The van der Waals surface area contributed by atoms with E-state index in [-0.39, 0.29) is 5.75 Å². The van der Waals surface area contributed by atoms with Gasteiger partial charge in [-0.1, -0.05) is 6.07 Å². The van der Waals surface area contributed by atoms with E-state index in [4.69, 9.17) is 5.73 Å². The number of nitrogens with two attached hydrogens (primary N) is 1. The molecule has 0 unspecified atom stereocenters. The molecule has 0 saturated heterocycles. The topological polar surface area (TPSA) is 71.2 Å². The van der Waals surface area contributed by atoms with E-state index in [1.807, 2.05) is 18.2 Å². The second kappa shape index (κ2) is 5.05. The van der Waals surface area contributed by atoms with E-state index in [1.165, 1.54) is 0 Å². The molecular formula is C12H12BrN3O. The minimum Gasteiger partial charge on any atom is -0.506 e. The first-order chi connectivity index (χ1) is 8.15. The summed E-state index contributed by atoms with van der Waals surface area (Å²) in [5, 5.41) is 12.6. The van der Waals surface area contributed by atoms with E-state index in [0.29, 0.717) is 12.2 Å². The number of nitrogens with zero attached hydrogens (tertiary/aromatic N) is 1. The lowest BCUT2D eigenvalue weighted by Crippen LogP contribution is -2.01. The summed E-state index contributed by atoms with van der Waals surface area (Å²) >= 11 is 3.32. The van der Waals surface area contributed by atoms with Crippen LogP contribution in [0.25, 0.3) is 0 Å². The Balaban J connectivity index is 2.02. The summed E-state index contributed by atoms with van der Waals surface area (Å²) in [6.07, 6.45) is 1.72. The van der Waals surface area contributed by atoms with Crippen LogP contribution in [0.1, 0.15) is 5.56 Å². The molecule has 17 heavy (non-hydrogen) atoms. The van der Waals surface area contributed by atoms with Crippen molar-refractivity contribution in [2.24, 2.45) is 0 Å². The second-order valence-electron chi connectivity index (χ2n) is 3.61. The van der Waals surface area contributed by atoms with Crippen LogP contribution in [0.5, 0.6) is 5.75 Å². The molecule has 0 aliphatic rings. The number of phenols is 1. The van der Waals surface area contributed by atoms with E-state index >= 15 is 0 Å². The van der Waals surface area contributed by atoms with E-state index < -0.39 is 0 Å². The number of nitrogen functional groups attached to an aromatic ring is 1. The smallest absolute Gasteiger partial charge is 0.138 e. The van der Waals surface area contributed by atoms with Crippen LogP contribution in [0.15, 0.2) is 41.0 Å². The number of aromatic nitrogens is 1. The first-order valence-electron chi connectivity index (χ1n) is 5.08. The highest BCUT2D eigenvalue weighted by atomic mass is 79.9. The van der Waals surface area contributed by atoms with Crippen molar-refractivity contribution in [2.75, 3.05) is 11.1 Å². The Bertz CT molecular complexity index is 514. The quantitative estimate of drug-likeness (QED) is 0.601. The van der Waals surface area contributed by atoms with Crippen molar-refractivity contribution in [1.82, 2.24) is 4.98 Å². The van der Waals surface area contributed by atoms with Gasteiger partial charge in [-0.15, -0.1) is 0 Å². The number of benzene rings is 1. The van der Waals surface area contributed by atoms with Crippen molar-refractivity contribution in [3.63, 3.8) is 0 Å². The maximum Gasteiger partial charge on any atom is 0.138 e. The summed E-state index contributed by atoms with van der Waals surface area (Å²) in [6, 6.07) is 8.97. The lowest BCUT2D eigenvalue weighted by atomic mass is 10.2. The van der Waals surface area contributed by atoms with Crippen LogP contribution < -0.4 is 11.1 Å². The lowest BCUT2D eigenvalue weighted by molar-refractivity contribution is 0.477. The van der Waals surface area contributed by atoms with E-state index in [2.05, 4.69) is 26.2 Å².